The van der Waals surface area contributed by atoms with Crippen molar-refractivity contribution in [2.45, 2.75) is 146 Å². The highest BCUT2D eigenvalue weighted by Crippen LogP contribution is 2.39. The van der Waals surface area contributed by atoms with E-state index in [9.17, 15) is 34.6 Å². The number of carbonyl (C=O) groups is 3. The van der Waals surface area contributed by atoms with Gasteiger partial charge in [0, 0.05) is 109 Å². The van der Waals surface area contributed by atoms with E-state index in [1.807, 2.05) is 170 Å². The molecule has 0 aromatic heterocycles. The van der Waals surface area contributed by atoms with E-state index >= 15 is 0 Å². The number of nitriles is 3. The largest absolute Gasteiger partial charge is 0.519 e. The fourth-order valence-corrected chi connectivity index (χ4v) is 10.8. The van der Waals surface area contributed by atoms with Crippen LogP contribution >= 0.6 is 31.9 Å². The first-order valence-electron chi connectivity index (χ1n) is 39.9. The van der Waals surface area contributed by atoms with Gasteiger partial charge in [0.25, 0.3) is 16.5 Å². The summed E-state index contributed by atoms with van der Waals surface area (Å²) < 4.78 is 83.9. The molecular weight excluding hydrogens is 1850 g/mol. The number of hydrogen-bond donors (Lipinski definition) is 9. The molecule has 703 valence electrons. The number of ether oxygens (including phenoxy) is 10. The topological polar surface area (TPSA) is 570 Å². The summed E-state index contributed by atoms with van der Waals surface area (Å²) in [5.41, 5.74) is 25.7. The summed E-state index contributed by atoms with van der Waals surface area (Å²) in [6, 6.07) is 62.9. The number of alkyl carbamates (subject to hydrolysis) is 1. The smallest absolute Gasteiger partial charge is 0.494 e. The average molecular weight is 1960 g/mol. The molecule has 0 saturated carbocycles. The van der Waals surface area contributed by atoms with E-state index in [-0.39, 0.29) is 30.9 Å². The highest BCUT2D eigenvalue weighted by molar-refractivity contribution is 9.10. The predicted octanol–water partition coefficient (Wildman–Crippen LogP) is 18.1. The summed E-state index contributed by atoms with van der Waals surface area (Å²) in [7, 11) is -6.13. The number of para-hydroxylation sites is 4. The molecular formula is C90H111B2Br2N10O26S. The number of halogens is 2. The van der Waals surface area contributed by atoms with Crippen LogP contribution in [-0.2, 0) is 51.9 Å². The van der Waals surface area contributed by atoms with Crippen LogP contribution in [0.25, 0.3) is 33.4 Å². The predicted molar refractivity (Wildman–Crippen MR) is 504 cm³/mol. The number of hydrogen-bond acceptors (Lipinski definition) is 29. The minimum atomic E-state index is -4.67. The van der Waals surface area contributed by atoms with Crippen LogP contribution in [0.5, 0.6) is 23.0 Å². The van der Waals surface area contributed by atoms with E-state index < -0.39 is 67.7 Å². The molecule has 3 radical (unpaired) electrons. The zero-order valence-electron chi connectivity index (χ0n) is 74.9. The lowest BCUT2D eigenvalue weighted by Crippen LogP contribution is -2.32. The second-order valence-corrected chi connectivity index (χ2v) is 31.8. The quantitative estimate of drug-likeness (QED) is 0.00597. The molecule has 131 heavy (non-hydrogen) atoms. The fourth-order valence-electron chi connectivity index (χ4n) is 10.2. The van der Waals surface area contributed by atoms with Crippen molar-refractivity contribution in [3.8, 4) is 74.6 Å². The molecule has 2 aliphatic rings. The number of nitrogens with one attached hydrogen (secondary N) is 1. The van der Waals surface area contributed by atoms with Crippen molar-refractivity contribution < 1.29 is 109 Å². The van der Waals surface area contributed by atoms with Crippen molar-refractivity contribution in [2.24, 2.45) is 5.73 Å². The Morgan fingerprint density at radius 3 is 1.16 bits per heavy atom. The van der Waals surface area contributed by atoms with Crippen molar-refractivity contribution in [3.63, 3.8) is 0 Å². The first-order valence-corrected chi connectivity index (χ1v) is 42.9. The molecule has 36 nitrogen and oxygen atoms in total. The number of nitro benzene ring substituents is 2. The molecule has 0 atom stereocenters. The van der Waals surface area contributed by atoms with Gasteiger partial charge in [0.2, 0.25) is 0 Å². The normalized spacial score (nSPS) is 11.1. The maximum absolute atomic E-state index is 11.7. The van der Waals surface area contributed by atoms with E-state index in [0.29, 0.717) is 83.3 Å². The molecule has 11 rings (SSSR count). The van der Waals surface area contributed by atoms with Gasteiger partial charge in [-0.15, -0.1) is 10.1 Å². The lowest BCUT2D eigenvalue weighted by molar-refractivity contribution is -0.742. The zero-order chi connectivity index (χ0) is 98.2. The molecule has 9 aromatic carbocycles. The fraction of sp³-hybridized carbons (Fsp3) is 0.333. The zero-order valence-corrected chi connectivity index (χ0v) is 78.9. The molecule has 2 fully saturated rings. The Labute approximate surface area is 781 Å². The molecule has 12 N–H and O–H groups in total. The Hall–Kier alpha value is -13.0. The molecule has 9 aromatic rings. The second kappa shape index (κ2) is 63.1. The number of amides is 1. The maximum Gasteiger partial charge on any atom is 0.519 e. The van der Waals surface area contributed by atoms with Gasteiger partial charge in [0.15, 0.2) is 0 Å². The number of anilines is 2. The Bertz CT molecular complexity index is 5210. The highest BCUT2D eigenvalue weighted by Gasteiger charge is 2.26. The summed E-state index contributed by atoms with van der Waals surface area (Å²) >= 11 is 6.27. The summed E-state index contributed by atoms with van der Waals surface area (Å²) in [4.78, 5) is 62.6. The van der Waals surface area contributed by atoms with Crippen LogP contribution in [0, 0.1) is 64.3 Å². The highest BCUT2D eigenvalue weighted by atomic mass is 79.9. The first kappa shape index (κ1) is 118. The van der Waals surface area contributed by atoms with Crippen molar-refractivity contribution in [1.29, 1.82) is 15.8 Å². The minimum absolute atomic E-state index is 0. The van der Waals surface area contributed by atoms with E-state index in [1.54, 1.807) is 108 Å². The number of nitro groups is 2. The standard InChI is InChI=1S/C20H26N2O3.C15H12N2O3.C15H18N2O.C10H18O5.C8H11BO3.C7H3BrN2O2.C7H4BrN.2C4H8O.B.HNO3.H2O4S/c1-5-24-18-9-7-6-8-16(18)15-11-10-14(12-17(15)21)13-22-19(23)25-20(2,3)4;1-2-20-15-6-4-3-5-13(15)12-8-7-11(10-16)9-14(12)17(18)19;1-2-18-15-6-4-3-5-13(15)12-8-7-11(10-16)9-14(12)17;1-9(2,3)14-7(11)13-8(12)15-10(4,5)6;1-2-12-8-6-4-3-5-7(8)9(10)11;8-6-2-1-5(4-9)3-7(6)10(11)12;8-7-3-1-6(5-9)2-4-7;2*1-2-4-5-3-1;;2-1(3)4;1-5(2,3)4/h6-12H,5,13,21H2,1-4H3,(H,22,23);3-9H,2H2,1H3;3-9H,2,10,16-17H2,1H3;1-6H3;3-6,10-11H,2H2,1H3;1-3H;1-4H;2*1-4H2;;(H,2,3,4);(H2,1,2,3,4). The molecule has 0 unspecified atom stereocenters. The molecule has 2 aliphatic heterocycles. The summed E-state index contributed by atoms with van der Waals surface area (Å²) in [5.74, 6) is 2.77. The third-order valence-electron chi connectivity index (χ3n) is 15.4. The van der Waals surface area contributed by atoms with Gasteiger partial charge in [0.1, 0.15) is 39.8 Å². The van der Waals surface area contributed by atoms with Gasteiger partial charge in [-0.25, -0.2) is 14.4 Å². The molecule has 1 amide bonds. The van der Waals surface area contributed by atoms with Gasteiger partial charge in [-0.1, -0.05) is 113 Å². The lowest BCUT2D eigenvalue weighted by atomic mass is 9.80. The Kier molecular flexibility index (Phi) is 56.8. The van der Waals surface area contributed by atoms with Crippen LogP contribution in [0.2, 0.25) is 0 Å². The monoisotopic (exact) mass is 1960 g/mol. The SMILES string of the molecule is C1CCOC1.C1CCOC1.CC(C)(C)OC(=O)OC(=O)OC(C)(C)C.CCOc1ccccc1-c1ccc(C#N)cc1[N+](=O)[O-].CCOc1ccccc1-c1ccc(CN)cc1N.CCOc1ccccc1-c1ccc(CNC(=O)OC(C)(C)C)cc1N.CCOc1ccccc1B(O)O.N#Cc1ccc(Br)c([N+](=O)[O-])c1.N#Cc1ccc(Br)cc1.O=S(=O)(O)O.O=[N+]([O-])O.[B]. The summed E-state index contributed by atoms with van der Waals surface area (Å²) in [6.07, 6.45) is 2.55. The third-order valence-corrected chi connectivity index (χ3v) is 16.6. The minimum Gasteiger partial charge on any atom is -0.494 e. The van der Waals surface area contributed by atoms with Crippen LogP contribution in [0.4, 0.5) is 37.1 Å². The maximum atomic E-state index is 11.7. The molecule has 0 aliphatic carbocycles. The van der Waals surface area contributed by atoms with E-state index in [1.165, 1.54) is 49.9 Å². The van der Waals surface area contributed by atoms with Gasteiger partial charge in [-0.2, -0.15) is 24.2 Å². The number of carbonyl (C=O) groups excluding carboxylic acids is 3. The van der Waals surface area contributed by atoms with Crippen molar-refractivity contribution >= 4 is 104 Å². The molecule has 2 heterocycles. The molecule has 41 heteroatoms. The number of rotatable bonds is 17. The Morgan fingerprint density at radius 1 is 0.489 bits per heavy atom. The first-order chi connectivity index (χ1) is 61.2. The van der Waals surface area contributed by atoms with Gasteiger partial charge in [-0.05, 0) is 228 Å². The second-order valence-electron chi connectivity index (χ2n) is 29.1. The molecule has 0 spiro atoms. The third kappa shape index (κ3) is 52.9. The van der Waals surface area contributed by atoms with Gasteiger partial charge in [-0.3, -0.25) is 29.3 Å². The van der Waals surface area contributed by atoms with Crippen LogP contribution in [0.3, 0.4) is 0 Å². The van der Waals surface area contributed by atoms with Gasteiger partial charge >= 0.3 is 35.9 Å². The van der Waals surface area contributed by atoms with E-state index in [0.717, 1.165) is 81.5 Å². The number of nitrogens with zero attached hydrogens (tertiary/aromatic N) is 6. The van der Waals surface area contributed by atoms with Crippen LogP contribution < -0.4 is 46.9 Å². The summed E-state index contributed by atoms with van der Waals surface area (Å²) in [6.45, 7) is 30.2. The van der Waals surface area contributed by atoms with Crippen LogP contribution in [-0.4, -0.2) is 151 Å². The van der Waals surface area contributed by atoms with Crippen molar-refractivity contribution in [2.75, 3.05) is 64.3 Å². The van der Waals surface area contributed by atoms with Crippen LogP contribution in [0.1, 0.15) is 144 Å². The average Bonchev–Trinajstić information content (AvgIpc) is 1.36. The van der Waals surface area contributed by atoms with Crippen molar-refractivity contribution in [1.82, 2.24) is 5.32 Å². The van der Waals surface area contributed by atoms with Crippen molar-refractivity contribution in [3.05, 3.63) is 261 Å². The molecule has 0 bridgehead atoms. The van der Waals surface area contributed by atoms with Gasteiger partial charge < -0.3 is 85.1 Å². The van der Waals surface area contributed by atoms with E-state index in [4.69, 9.17) is 119 Å². The number of nitrogen functional groups attached to an aromatic ring is 2. The summed E-state index contributed by atoms with van der Waals surface area (Å²) in [5, 5.41) is 81.4. The van der Waals surface area contributed by atoms with E-state index in [2.05, 4.69) is 41.9 Å². The lowest BCUT2D eigenvalue weighted by Gasteiger charge is -2.20. The number of nitrogens with two attached hydrogens (primary N) is 3. The van der Waals surface area contributed by atoms with Gasteiger partial charge in [0.05, 0.1) is 81.2 Å². The molecule has 2 saturated heterocycles. The number of benzene rings is 9. The van der Waals surface area contributed by atoms with Crippen LogP contribution in [0.15, 0.2) is 203 Å². The Morgan fingerprint density at radius 2 is 0.817 bits per heavy atom. The Balaban J connectivity index is 0.00000147.